The third-order valence-electron chi connectivity index (χ3n) is 6.62. The molecule has 0 aliphatic carbocycles. The van der Waals surface area contributed by atoms with Gasteiger partial charge in [0.1, 0.15) is 30.5 Å². The molecule has 4 heteroatoms. The highest BCUT2D eigenvalue weighted by molar-refractivity contribution is 5.89. The van der Waals surface area contributed by atoms with Gasteiger partial charge >= 0.3 is 5.97 Å². The molecular weight excluding hydrogens is 360 g/mol. The molecule has 1 fully saturated rings. The van der Waals surface area contributed by atoms with Crippen molar-refractivity contribution in [3.63, 3.8) is 0 Å². The number of carbonyl (C=O) groups excluding carboxylic acids is 1. The van der Waals surface area contributed by atoms with Crippen LogP contribution in [0, 0.1) is 0 Å². The number of hydrogen-bond donors (Lipinski definition) is 0. The fourth-order valence-electron chi connectivity index (χ4n) is 5.13. The lowest BCUT2D eigenvalue weighted by Crippen LogP contribution is -2.43. The van der Waals surface area contributed by atoms with E-state index in [1.807, 2.05) is 60.7 Å². The van der Waals surface area contributed by atoms with Gasteiger partial charge in [-0.2, -0.15) is 0 Å². The SMILES string of the molecule is CC1CCCc2n1cc[n+]2CC1CC(c2ccccc2)(c2ccccc2)C(=O)O1. The summed E-state index contributed by atoms with van der Waals surface area (Å²) in [6.45, 7) is 2.99. The smallest absolute Gasteiger partial charge is 0.321 e. The number of rotatable bonds is 4. The van der Waals surface area contributed by atoms with Crippen molar-refractivity contribution in [3.8, 4) is 0 Å². The summed E-state index contributed by atoms with van der Waals surface area (Å²) in [6.07, 6.45) is 8.37. The molecule has 2 atom stereocenters. The maximum Gasteiger partial charge on any atom is 0.321 e. The van der Waals surface area contributed by atoms with Gasteiger partial charge in [-0.3, -0.25) is 4.79 Å². The first kappa shape index (κ1) is 18.2. The number of imidazole rings is 1. The normalized spacial score (nSPS) is 22.9. The molecule has 4 nitrogen and oxygen atoms in total. The summed E-state index contributed by atoms with van der Waals surface area (Å²) < 4.78 is 10.7. The molecule has 0 amide bonds. The van der Waals surface area contributed by atoms with Crippen LogP contribution in [0.5, 0.6) is 0 Å². The number of benzene rings is 2. The molecule has 2 aliphatic heterocycles. The van der Waals surface area contributed by atoms with Crippen LogP contribution < -0.4 is 4.57 Å². The maximum atomic E-state index is 13.3. The molecule has 0 bridgehead atoms. The first-order valence-electron chi connectivity index (χ1n) is 10.6. The molecule has 148 valence electrons. The summed E-state index contributed by atoms with van der Waals surface area (Å²) in [5, 5.41) is 0. The van der Waals surface area contributed by atoms with Crippen molar-refractivity contribution in [1.29, 1.82) is 0 Å². The van der Waals surface area contributed by atoms with E-state index in [1.165, 1.54) is 18.7 Å². The van der Waals surface area contributed by atoms with Gasteiger partial charge in [0, 0.05) is 12.8 Å². The summed E-state index contributed by atoms with van der Waals surface area (Å²) in [6, 6.07) is 20.7. The number of cyclic esters (lactones) is 1. The van der Waals surface area contributed by atoms with E-state index in [9.17, 15) is 4.79 Å². The molecule has 2 unspecified atom stereocenters. The second-order valence-corrected chi connectivity index (χ2v) is 8.38. The molecular formula is C25H27N2O2+. The lowest BCUT2D eigenvalue weighted by atomic mass is 9.72. The van der Waals surface area contributed by atoms with Crippen LogP contribution in [-0.4, -0.2) is 16.6 Å². The number of carbonyl (C=O) groups is 1. The van der Waals surface area contributed by atoms with Gasteiger partial charge in [-0.15, -0.1) is 0 Å². The van der Waals surface area contributed by atoms with Crippen molar-refractivity contribution in [2.75, 3.05) is 0 Å². The Bertz CT molecular complexity index is 970. The molecule has 0 N–H and O–H groups in total. The fraction of sp³-hybridized carbons (Fsp3) is 0.360. The summed E-state index contributed by atoms with van der Waals surface area (Å²) in [7, 11) is 0. The van der Waals surface area contributed by atoms with Crippen LogP contribution in [0.15, 0.2) is 73.1 Å². The van der Waals surface area contributed by atoms with Gasteiger partial charge in [0.25, 0.3) is 5.82 Å². The van der Waals surface area contributed by atoms with E-state index in [4.69, 9.17) is 4.74 Å². The predicted molar refractivity (Wildman–Crippen MR) is 110 cm³/mol. The number of aromatic nitrogens is 2. The summed E-state index contributed by atoms with van der Waals surface area (Å²) in [5.41, 5.74) is 1.29. The lowest BCUT2D eigenvalue weighted by molar-refractivity contribution is -0.710. The molecule has 3 aromatic rings. The zero-order chi connectivity index (χ0) is 19.8. The second kappa shape index (κ2) is 7.18. The molecule has 3 heterocycles. The van der Waals surface area contributed by atoms with E-state index in [1.54, 1.807) is 0 Å². The minimum atomic E-state index is -0.735. The molecule has 0 radical (unpaired) electrons. The van der Waals surface area contributed by atoms with Gasteiger partial charge in [0.05, 0.1) is 6.04 Å². The minimum absolute atomic E-state index is 0.137. The molecule has 1 aromatic heterocycles. The Morgan fingerprint density at radius 2 is 1.72 bits per heavy atom. The Morgan fingerprint density at radius 3 is 2.38 bits per heavy atom. The Morgan fingerprint density at radius 1 is 1.07 bits per heavy atom. The van der Waals surface area contributed by atoms with Gasteiger partial charge in [-0.25, -0.2) is 9.13 Å². The van der Waals surface area contributed by atoms with E-state index >= 15 is 0 Å². The van der Waals surface area contributed by atoms with Crippen molar-refractivity contribution < 1.29 is 14.1 Å². The Labute approximate surface area is 171 Å². The molecule has 0 saturated carbocycles. The summed E-state index contributed by atoms with van der Waals surface area (Å²) >= 11 is 0. The average molecular weight is 388 g/mol. The van der Waals surface area contributed by atoms with Crippen LogP contribution in [0.1, 0.15) is 49.2 Å². The van der Waals surface area contributed by atoms with E-state index in [2.05, 4.69) is 28.5 Å². The van der Waals surface area contributed by atoms with Gasteiger partial charge in [-0.05, 0) is 30.9 Å². The Balaban J connectivity index is 1.49. The number of hydrogen-bond acceptors (Lipinski definition) is 2. The Hall–Kier alpha value is -2.88. The number of fused-ring (bicyclic) bond motifs is 1. The topological polar surface area (TPSA) is 35.1 Å². The molecule has 0 spiro atoms. The van der Waals surface area contributed by atoms with E-state index < -0.39 is 5.41 Å². The monoisotopic (exact) mass is 387 g/mol. The summed E-state index contributed by atoms with van der Waals surface area (Å²) in [5.74, 6) is 1.21. The van der Waals surface area contributed by atoms with Crippen molar-refractivity contribution >= 4 is 5.97 Å². The minimum Gasteiger partial charge on any atom is -0.457 e. The standard InChI is InChI=1S/C25H27N2O2/c1-19-9-8-14-23-26(15-16-27(19)23)18-22-17-25(24(28)29-22,20-10-4-2-5-11-20)21-12-6-3-7-13-21/h2-7,10-13,15-16,19,22H,8-9,14,17-18H2,1H3/q+1. The van der Waals surface area contributed by atoms with Gasteiger partial charge in [0.2, 0.25) is 0 Å². The molecule has 5 rings (SSSR count). The van der Waals surface area contributed by atoms with Crippen LogP contribution in [-0.2, 0) is 27.9 Å². The molecule has 29 heavy (non-hydrogen) atoms. The highest BCUT2D eigenvalue weighted by Gasteiger charge is 2.52. The van der Waals surface area contributed by atoms with Crippen LogP contribution in [0.3, 0.4) is 0 Å². The predicted octanol–water partition coefficient (Wildman–Crippen LogP) is 3.97. The zero-order valence-electron chi connectivity index (χ0n) is 16.8. The molecule has 2 aromatic carbocycles. The van der Waals surface area contributed by atoms with Crippen molar-refractivity contribution in [2.45, 2.75) is 56.7 Å². The maximum absolute atomic E-state index is 13.3. The average Bonchev–Trinajstić information content (AvgIpc) is 3.32. The van der Waals surface area contributed by atoms with Crippen LogP contribution in [0.2, 0.25) is 0 Å². The van der Waals surface area contributed by atoms with Gasteiger partial charge in [-0.1, -0.05) is 60.7 Å². The number of esters is 1. The van der Waals surface area contributed by atoms with Gasteiger partial charge < -0.3 is 4.74 Å². The molecule has 2 aliphatic rings. The van der Waals surface area contributed by atoms with Crippen LogP contribution in [0.25, 0.3) is 0 Å². The van der Waals surface area contributed by atoms with Crippen molar-refractivity contribution in [1.82, 2.24) is 4.57 Å². The van der Waals surface area contributed by atoms with Crippen LogP contribution >= 0.6 is 0 Å². The van der Waals surface area contributed by atoms with Crippen molar-refractivity contribution in [3.05, 3.63) is 90.0 Å². The third kappa shape index (κ3) is 2.98. The first-order chi connectivity index (χ1) is 14.2. The second-order valence-electron chi connectivity index (χ2n) is 8.38. The van der Waals surface area contributed by atoms with Crippen LogP contribution in [0.4, 0.5) is 0 Å². The van der Waals surface area contributed by atoms with E-state index in [-0.39, 0.29) is 12.1 Å². The lowest BCUT2D eigenvalue weighted by Gasteiger charge is -2.26. The number of nitrogens with zero attached hydrogens (tertiary/aromatic N) is 2. The van der Waals surface area contributed by atoms with E-state index in [0.29, 0.717) is 19.0 Å². The third-order valence-corrected chi connectivity index (χ3v) is 6.62. The summed E-state index contributed by atoms with van der Waals surface area (Å²) in [4.78, 5) is 13.3. The highest BCUT2D eigenvalue weighted by atomic mass is 16.6. The fourth-order valence-corrected chi connectivity index (χ4v) is 5.13. The molecule has 1 saturated heterocycles. The first-order valence-corrected chi connectivity index (χ1v) is 10.6. The zero-order valence-corrected chi connectivity index (χ0v) is 16.8. The Kier molecular flexibility index (Phi) is 4.50. The largest absolute Gasteiger partial charge is 0.457 e. The van der Waals surface area contributed by atoms with E-state index in [0.717, 1.165) is 17.5 Å². The van der Waals surface area contributed by atoms with Gasteiger partial charge in [0.15, 0.2) is 0 Å². The highest BCUT2D eigenvalue weighted by Crippen LogP contribution is 2.43. The van der Waals surface area contributed by atoms with Crippen molar-refractivity contribution in [2.24, 2.45) is 0 Å². The quantitative estimate of drug-likeness (QED) is 0.501. The number of ether oxygens (including phenoxy) is 1.